The number of hydrogen-bond acceptors (Lipinski definition) is 6. The van der Waals surface area contributed by atoms with Crippen molar-refractivity contribution in [3.63, 3.8) is 0 Å². The van der Waals surface area contributed by atoms with Crippen LogP contribution in [0.3, 0.4) is 0 Å². The number of nitrogens with zero attached hydrogens (tertiary/aromatic N) is 4. The summed E-state index contributed by atoms with van der Waals surface area (Å²) in [5.41, 5.74) is 3.03. The Kier molecular flexibility index (Phi) is 6.30. The van der Waals surface area contributed by atoms with Gasteiger partial charge < -0.3 is 14.8 Å². The molecule has 0 saturated carbocycles. The molecule has 0 spiro atoms. The molecule has 0 atom stereocenters. The molecular weight excluding hydrogens is 406 g/mol. The zero-order valence-electron chi connectivity index (χ0n) is 18.3. The van der Waals surface area contributed by atoms with Gasteiger partial charge in [-0.2, -0.15) is 0 Å². The van der Waals surface area contributed by atoms with Crippen molar-refractivity contribution in [2.45, 2.75) is 26.7 Å². The molecule has 0 aliphatic heterocycles. The maximum atomic E-state index is 13.1. The molecule has 2 heterocycles. The van der Waals surface area contributed by atoms with Crippen LogP contribution in [0.5, 0.6) is 11.5 Å². The summed E-state index contributed by atoms with van der Waals surface area (Å²) in [4.78, 5) is 17.5. The zero-order valence-corrected chi connectivity index (χ0v) is 18.3. The van der Waals surface area contributed by atoms with Gasteiger partial charge in [-0.25, -0.2) is 4.68 Å². The Morgan fingerprint density at radius 3 is 2.84 bits per heavy atom. The fraction of sp³-hybridized carbons (Fsp3) is 0.250. The zero-order chi connectivity index (χ0) is 22.5. The maximum Gasteiger partial charge on any atom is 0.278 e. The van der Waals surface area contributed by atoms with E-state index >= 15 is 0 Å². The van der Waals surface area contributed by atoms with Gasteiger partial charge >= 0.3 is 0 Å². The minimum atomic E-state index is -0.374. The normalized spacial score (nSPS) is 10.8. The lowest BCUT2D eigenvalue weighted by atomic mass is 10.1. The summed E-state index contributed by atoms with van der Waals surface area (Å²) in [6.07, 6.45) is 3.68. The average molecular weight is 431 g/mol. The summed E-state index contributed by atoms with van der Waals surface area (Å²) in [5, 5.41) is 12.2. The van der Waals surface area contributed by atoms with Gasteiger partial charge in [-0.3, -0.25) is 9.78 Å². The highest BCUT2D eigenvalue weighted by Crippen LogP contribution is 2.30. The van der Waals surface area contributed by atoms with Crippen LogP contribution in [0.25, 0.3) is 16.6 Å². The molecule has 4 aromatic rings. The van der Waals surface area contributed by atoms with E-state index in [1.54, 1.807) is 36.2 Å². The number of rotatable bonds is 8. The van der Waals surface area contributed by atoms with Gasteiger partial charge in [-0.15, -0.1) is 5.10 Å². The minimum absolute atomic E-state index is 0.230. The van der Waals surface area contributed by atoms with Crippen LogP contribution < -0.4 is 14.8 Å². The van der Waals surface area contributed by atoms with Crippen molar-refractivity contribution in [3.8, 4) is 17.2 Å². The molecule has 0 saturated heterocycles. The highest BCUT2D eigenvalue weighted by atomic mass is 16.5. The molecule has 4 rings (SSSR count). The first-order valence-electron chi connectivity index (χ1n) is 10.5. The van der Waals surface area contributed by atoms with Crippen LogP contribution in [-0.4, -0.2) is 39.6 Å². The van der Waals surface area contributed by atoms with Crippen molar-refractivity contribution in [1.29, 1.82) is 0 Å². The Balaban J connectivity index is 1.64. The molecule has 8 heteroatoms. The summed E-state index contributed by atoms with van der Waals surface area (Å²) in [6.45, 7) is 4.47. The third kappa shape index (κ3) is 4.25. The van der Waals surface area contributed by atoms with Gasteiger partial charge in [-0.05, 0) is 49.7 Å². The van der Waals surface area contributed by atoms with E-state index < -0.39 is 0 Å². The van der Waals surface area contributed by atoms with E-state index in [2.05, 4.69) is 27.5 Å². The second-order valence-electron chi connectivity index (χ2n) is 7.30. The van der Waals surface area contributed by atoms with Gasteiger partial charge in [-0.1, -0.05) is 24.6 Å². The third-order valence-corrected chi connectivity index (χ3v) is 5.15. The third-order valence-electron chi connectivity index (χ3n) is 5.15. The number of carbonyl (C=O) groups is 1. The van der Waals surface area contributed by atoms with Gasteiger partial charge in [0.05, 0.1) is 36.3 Å². The molecule has 2 aromatic heterocycles. The molecule has 1 N–H and O–H groups in total. The van der Waals surface area contributed by atoms with Gasteiger partial charge in [0.2, 0.25) is 0 Å². The molecular formula is C24H25N5O3. The number of aromatic nitrogens is 4. The molecule has 8 nitrogen and oxygen atoms in total. The smallest absolute Gasteiger partial charge is 0.278 e. The van der Waals surface area contributed by atoms with E-state index in [-0.39, 0.29) is 11.6 Å². The molecule has 32 heavy (non-hydrogen) atoms. The summed E-state index contributed by atoms with van der Waals surface area (Å²) in [5.74, 6) is 0.824. The fourth-order valence-corrected chi connectivity index (χ4v) is 3.41. The van der Waals surface area contributed by atoms with E-state index in [0.29, 0.717) is 29.5 Å². The minimum Gasteiger partial charge on any atom is -0.497 e. The number of hydrogen-bond donors (Lipinski definition) is 1. The molecule has 0 radical (unpaired) electrons. The SMILES string of the molecule is CCCCOc1ccc(OC)cc1NC(=O)c1nnn(-c2cccc3ncccc23)c1C. The number of benzene rings is 2. The number of fused-ring (bicyclic) bond motifs is 1. The fourth-order valence-electron chi connectivity index (χ4n) is 3.41. The molecule has 2 aromatic carbocycles. The van der Waals surface area contributed by atoms with Crippen LogP contribution in [0.4, 0.5) is 5.69 Å². The molecule has 164 valence electrons. The molecule has 1 amide bonds. The molecule has 0 unspecified atom stereocenters. The first kappa shape index (κ1) is 21.3. The maximum absolute atomic E-state index is 13.1. The van der Waals surface area contributed by atoms with Crippen molar-refractivity contribution in [1.82, 2.24) is 20.0 Å². The van der Waals surface area contributed by atoms with Crippen LogP contribution >= 0.6 is 0 Å². The quantitative estimate of drug-likeness (QED) is 0.411. The predicted octanol–water partition coefficient (Wildman–Crippen LogP) is 4.56. The summed E-state index contributed by atoms with van der Waals surface area (Å²) in [6, 6.07) is 14.9. The van der Waals surface area contributed by atoms with E-state index in [4.69, 9.17) is 9.47 Å². The predicted molar refractivity (Wildman–Crippen MR) is 123 cm³/mol. The van der Waals surface area contributed by atoms with Crippen LogP contribution in [0.15, 0.2) is 54.7 Å². The molecule has 0 aliphatic rings. The lowest BCUT2D eigenvalue weighted by molar-refractivity contribution is 0.102. The van der Waals surface area contributed by atoms with Crippen LogP contribution in [0, 0.1) is 6.92 Å². The van der Waals surface area contributed by atoms with E-state index in [1.165, 1.54) is 0 Å². The standard InChI is InChI=1S/C24H25N5O3/c1-4-5-14-32-22-12-11-17(31-3)15-20(22)26-24(30)23-16(2)29(28-27-23)21-10-6-9-19-18(21)8-7-13-25-19/h6-13,15H,4-5,14H2,1-3H3,(H,26,30). The van der Waals surface area contributed by atoms with Crippen molar-refractivity contribution in [2.75, 3.05) is 19.0 Å². The van der Waals surface area contributed by atoms with Crippen LogP contribution in [0.2, 0.25) is 0 Å². The largest absolute Gasteiger partial charge is 0.497 e. The van der Waals surface area contributed by atoms with Crippen LogP contribution in [0.1, 0.15) is 35.9 Å². The van der Waals surface area contributed by atoms with Gasteiger partial charge in [0.25, 0.3) is 5.91 Å². The number of nitrogens with one attached hydrogen (secondary N) is 1. The van der Waals surface area contributed by atoms with Gasteiger partial charge in [0.15, 0.2) is 5.69 Å². The van der Waals surface area contributed by atoms with E-state index in [9.17, 15) is 4.79 Å². The van der Waals surface area contributed by atoms with E-state index in [1.807, 2.05) is 37.3 Å². The van der Waals surface area contributed by atoms with Crippen molar-refractivity contribution < 1.29 is 14.3 Å². The number of anilines is 1. The Morgan fingerprint density at radius 1 is 1.16 bits per heavy atom. The Morgan fingerprint density at radius 2 is 2.03 bits per heavy atom. The van der Waals surface area contributed by atoms with Crippen LogP contribution in [-0.2, 0) is 0 Å². The highest BCUT2D eigenvalue weighted by molar-refractivity contribution is 6.04. The van der Waals surface area contributed by atoms with E-state index in [0.717, 1.165) is 29.4 Å². The Labute approximate surface area is 186 Å². The molecule has 0 fully saturated rings. The number of unbranched alkanes of at least 4 members (excludes halogenated alkanes) is 1. The highest BCUT2D eigenvalue weighted by Gasteiger charge is 2.20. The first-order chi connectivity index (χ1) is 15.6. The number of amides is 1. The molecule has 0 bridgehead atoms. The second-order valence-corrected chi connectivity index (χ2v) is 7.30. The average Bonchev–Trinajstić information content (AvgIpc) is 3.20. The summed E-state index contributed by atoms with van der Waals surface area (Å²) >= 11 is 0. The summed E-state index contributed by atoms with van der Waals surface area (Å²) < 4.78 is 12.8. The number of ether oxygens (including phenoxy) is 2. The lowest BCUT2D eigenvalue weighted by Gasteiger charge is -2.13. The Bertz CT molecular complexity index is 1250. The topological polar surface area (TPSA) is 91.2 Å². The number of pyridine rings is 1. The molecule has 0 aliphatic carbocycles. The number of carbonyl (C=O) groups excluding carboxylic acids is 1. The van der Waals surface area contributed by atoms with Gasteiger partial charge in [0.1, 0.15) is 11.5 Å². The van der Waals surface area contributed by atoms with Gasteiger partial charge in [0, 0.05) is 17.6 Å². The first-order valence-corrected chi connectivity index (χ1v) is 10.5. The monoisotopic (exact) mass is 431 g/mol. The summed E-state index contributed by atoms with van der Waals surface area (Å²) in [7, 11) is 1.58. The Hall–Kier alpha value is -3.94. The van der Waals surface area contributed by atoms with Crippen molar-refractivity contribution in [3.05, 3.63) is 66.1 Å². The van der Waals surface area contributed by atoms with Crippen molar-refractivity contribution >= 4 is 22.5 Å². The number of methoxy groups -OCH3 is 1. The lowest BCUT2D eigenvalue weighted by Crippen LogP contribution is -2.15. The van der Waals surface area contributed by atoms with Crippen molar-refractivity contribution in [2.24, 2.45) is 0 Å². The second kappa shape index (κ2) is 9.47.